The zero-order valence-corrected chi connectivity index (χ0v) is 19.8. The second-order valence-electron chi connectivity index (χ2n) is 7.63. The predicted molar refractivity (Wildman–Crippen MR) is 96.2 cm³/mol. The van der Waals surface area contributed by atoms with E-state index in [1.165, 1.54) is 25.7 Å². The Labute approximate surface area is 185 Å². The molecule has 3 heteroatoms. The summed E-state index contributed by atoms with van der Waals surface area (Å²) in [5.41, 5.74) is 6.40. The maximum atomic E-state index is 2.34. The first-order chi connectivity index (χ1) is 10.6. The third kappa shape index (κ3) is 5.57. The molecule has 2 aromatic carbocycles. The molecular weight excluding hydrogens is 426 g/mol. The fourth-order valence-corrected chi connectivity index (χ4v) is 4.31. The average Bonchev–Trinajstić information content (AvgIpc) is 3.17. The van der Waals surface area contributed by atoms with Crippen LogP contribution in [0.5, 0.6) is 0 Å². The Morgan fingerprint density at radius 2 is 0.960 bits per heavy atom. The summed E-state index contributed by atoms with van der Waals surface area (Å²) >= 11 is 0. The molecule has 0 heterocycles. The van der Waals surface area contributed by atoms with Crippen molar-refractivity contribution in [1.82, 2.24) is 0 Å². The molecular formula is C22H30Cl2Zr. The number of hydrogen-bond acceptors (Lipinski definition) is 0. The molecule has 0 amide bonds. The van der Waals surface area contributed by atoms with E-state index in [1.54, 1.807) is 22.3 Å². The Morgan fingerprint density at radius 1 is 0.640 bits per heavy atom. The van der Waals surface area contributed by atoms with Gasteiger partial charge in [-0.2, -0.15) is 46.5 Å². The molecule has 0 aromatic heterocycles. The van der Waals surface area contributed by atoms with E-state index in [9.17, 15) is 0 Å². The van der Waals surface area contributed by atoms with E-state index in [-0.39, 0.29) is 51.0 Å². The van der Waals surface area contributed by atoms with Gasteiger partial charge < -0.3 is 24.8 Å². The van der Waals surface area contributed by atoms with Crippen LogP contribution in [-0.2, 0) is 26.2 Å². The van der Waals surface area contributed by atoms with Gasteiger partial charge in [0.1, 0.15) is 0 Å². The number of fused-ring (bicyclic) bond motifs is 2. The summed E-state index contributed by atoms with van der Waals surface area (Å²) in [7, 11) is 0. The molecule has 0 aliphatic heterocycles. The quantitative estimate of drug-likeness (QED) is 0.515. The van der Waals surface area contributed by atoms with Gasteiger partial charge in [0.2, 0.25) is 0 Å². The van der Waals surface area contributed by atoms with Gasteiger partial charge in [-0.15, -0.1) is 0 Å². The zero-order valence-electron chi connectivity index (χ0n) is 15.9. The minimum absolute atomic E-state index is 0. The van der Waals surface area contributed by atoms with E-state index in [0.717, 1.165) is 23.7 Å². The van der Waals surface area contributed by atoms with Gasteiger partial charge >= 0.3 is 26.2 Å². The first-order valence-electron chi connectivity index (χ1n) is 9.09. The standard InChI is InChI=1S/2C11H15.2ClH.Zr/c2*1-8-6-7-9(2)11-5-3-4-10(8)11;;;/h2*3-5,8-9H,6-7H2,1-2H3;2*1H;/q2*-1;;;+4/p-2. The van der Waals surface area contributed by atoms with E-state index >= 15 is 0 Å². The summed E-state index contributed by atoms with van der Waals surface area (Å²) in [4.78, 5) is 0. The first kappa shape index (κ1) is 25.2. The molecule has 0 spiro atoms. The molecule has 136 valence electrons. The summed E-state index contributed by atoms with van der Waals surface area (Å²) in [6.07, 6.45) is 5.49. The molecule has 0 bridgehead atoms. The minimum Gasteiger partial charge on any atom is -1.00 e. The molecule has 4 atom stereocenters. The van der Waals surface area contributed by atoms with Gasteiger partial charge in [0.15, 0.2) is 0 Å². The van der Waals surface area contributed by atoms with Crippen molar-refractivity contribution in [2.45, 2.75) is 77.0 Å². The first-order valence-corrected chi connectivity index (χ1v) is 9.09. The third-order valence-corrected chi connectivity index (χ3v) is 5.96. The van der Waals surface area contributed by atoms with Crippen LogP contribution in [0.3, 0.4) is 0 Å². The van der Waals surface area contributed by atoms with Crippen molar-refractivity contribution in [3.8, 4) is 0 Å². The van der Waals surface area contributed by atoms with Crippen LogP contribution < -0.4 is 24.8 Å². The molecule has 0 radical (unpaired) electrons. The topological polar surface area (TPSA) is 0 Å². The maximum absolute atomic E-state index is 2.34. The van der Waals surface area contributed by atoms with E-state index in [1.807, 2.05) is 0 Å². The van der Waals surface area contributed by atoms with Crippen LogP contribution in [0.1, 0.15) is 99.3 Å². The second kappa shape index (κ2) is 11.1. The molecule has 2 aromatic rings. The van der Waals surface area contributed by atoms with E-state index < -0.39 is 0 Å². The van der Waals surface area contributed by atoms with Gasteiger partial charge in [-0.05, 0) is 24.7 Å². The molecule has 0 saturated heterocycles. The third-order valence-electron chi connectivity index (χ3n) is 5.96. The normalized spacial score (nSPS) is 26.4. The monoisotopic (exact) mass is 454 g/mol. The van der Waals surface area contributed by atoms with Gasteiger partial charge in [-0.1, -0.05) is 52.4 Å². The number of hydrogen-bond donors (Lipinski definition) is 0. The van der Waals surface area contributed by atoms with E-state index in [2.05, 4.69) is 64.1 Å². The molecule has 25 heavy (non-hydrogen) atoms. The van der Waals surface area contributed by atoms with E-state index in [4.69, 9.17) is 0 Å². The molecule has 0 N–H and O–H groups in total. The number of halogens is 2. The van der Waals surface area contributed by atoms with Crippen LogP contribution in [0.25, 0.3) is 0 Å². The molecule has 0 saturated carbocycles. The van der Waals surface area contributed by atoms with Gasteiger partial charge in [-0.25, -0.2) is 12.1 Å². The van der Waals surface area contributed by atoms with Gasteiger partial charge in [-0.3, -0.25) is 0 Å². The van der Waals surface area contributed by atoms with Crippen molar-refractivity contribution < 1.29 is 51.0 Å². The van der Waals surface area contributed by atoms with Crippen molar-refractivity contribution >= 4 is 0 Å². The zero-order chi connectivity index (χ0) is 15.7. The van der Waals surface area contributed by atoms with Gasteiger partial charge in [0.05, 0.1) is 0 Å². The number of rotatable bonds is 0. The Balaban J connectivity index is 0.000000411. The maximum Gasteiger partial charge on any atom is 4.00 e. The van der Waals surface area contributed by atoms with Crippen molar-refractivity contribution in [3.05, 3.63) is 58.7 Å². The Bertz CT molecular complexity index is 510. The van der Waals surface area contributed by atoms with Crippen molar-refractivity contribution in [3.63, 3.8) is 0 Å². The smallest absolute Gasteiger partial charge is 1.00 e. The Morgan fingerprint density at radius 3 is 1.28 bits per heavy atom. The molecule has 2 aliphatic carbocycles. The fourth-order valence-electron chi connectivity index (χ4n) is 4.31. The van der Waals surface area contributed by atoms with Crippen LogP contribution in [0.4, 0.5) is 0 Å². The van der Waals surface area contributed by atoms with Crippen LogP contribution in [0.15, 0.2) is 36.4 Å². The molecule has 4 rings (SSSR count). The van der Waals surface area contributed by atoms with Crippen LogP contribution in [0, 0.1) is 0 Å². The van der Waals surface area contributed by atoms with Crippen LogP contribution in [-0.4, -0.2) is 0 Å². The summed E-state index contributed by atoms with van der Waals surface area (Å²) < 4.78 is 0. The Hall–Kier alpha value is 0.163. The summed E-state index contributed by atoms with van der Waals surface area (Å²) in [5, 5.41) is 0. The van der Waals surface area contributed by atoms with Crippen LogP contribution in [0.2, 0.25) is 0 Å². The second-order valence-corrected chi connectivity index (χ2v) is 7.63. The van der Waals surface area contributed by atoms with Crippen LogP contribution >= 0.6 is 0 Å². The largest absolute Gasteiger partial charge is 4.00 e. The molecule has 4 unspecified atom stereocenters. The predicted octanol–water partition coefficient (Wildman–Crippen LogP) is 0.818. The average molecular weight is 457 g/mol. The minimum atomic E-state index is 0. The summed E-state index contributed by atoms with van der Waals surface area (Å²) in [6.45, 7) is 9.35. The Kier molecular flexibility index (Phi) is 11.2. The SMILES string of the molecule is CC1CCC(C)c2[cH-]ccc21.CC1CCC(C)c2[cH-]ccc21.[Cl-].[Cl-].[Zr+4]. The van der Waals surface area contributed by atoms with Crippen molar-refractivity contribution in [2.75, 3.05) is 0 Å². The molecule has 0 nitrogen and oxygen atoms in total. The van der Waals surface area contributed by atoms with Crippen molar-refractivity contribution in [1.29, 1.82) is 0 Å². The van der Waals surface area contributed by atoms with Gasteiger partial charge in [0, 0.05) is 0 Å². The fraction of sp³-hybridized carbons (Fsp3) is 0.545. The molecule has 2 aliphatic rings. The summed E-state index contributed by atoms with van der Waals surface area (Å²) in [6, 6.07) is 13.5. The molecule has 0 fully saturated rings. The van der Waals surface area contributed by atoms with E-state index in [0.29, 0.717) is 0 Å². The van der Waals surface area contributed by atoms with Crippen molar-refractivity contribution in [2.24, 2.45) is 0 Å². The summed E-state index contributed by atoms with van der Waals surface area (Å²) in [5.74, 6) is 3.21. The van der Waals surface area contributed by atoms with Gasteiger partial charge in [0.25, 0.3) is 0 Å².